The van der Waals surface area contributed by atoms with Gasteiger partial charge in [-0.3, -0.25) is 14.5 Å². The van der Waals surface area contributed by atoms with E-state index < -0.39 is 0 Å². The number of fused-ring (bicyclic) bond motifs is 1. The first-order chi connectivity index (χ1) is 15.1. The zero-order valence-corrected chi connectivity index (χ0v) is 18.7. The highest BCUT2D eigenvalue weighted by Gasteiger charge is 2.29. The molecule has 1 aromatic carbocycles. The number of rotatable bonds is 7. The van der Waals surface area contributed by atoms with E-state index in [9.17, 15) is 9.59 Å². The second-order valence-electron chi connectivity index (χ2n) is 9.23. The van der Waals surface area contributed by atoms with Crippen molar-refractivity contribution in [2.24, 2.45) is 5.92 Å². The molecule has 31 heavy (non-hydrogen) atoms. The molecule has 3 N–H and O–H groups in total. The molecule has 1 saturated heterocycles. The van der Waals surface area contributed by atoms with Gasteiger partial charge in [-0.05, 0) is 50.7 Å². The minimum absolute atomic E-state index is 0.0875. The van der Waals surface area contributed by atoms with Crippen LogP contribution in [0.15, 0.2) is 30.5 Å². The van der Waals surface area contributed by atoms with E-state index >= 15 is 0 Å². The molecular weight excluding hydrogens is 388 g/mol. The Hall–Kier alpha value is -2.34. The van der Waals surface area contributed by atoms with Gasteiger partial charge in [-0.25, -0.2) is 0 Å². The highest BCUT2D eigenvalue weighted by molar-refractivity contribution is 5.83. The highest BCUT2D eigenvalue weighted by Crippen LogP contribution is 2.24. The van der Waals surface area contributed by atoms with Crippen molar-refractivity contribution in [3.05, 3.63) is 36.0 Å². The van der Waals surface area contributed by atoms with E-state index in [1.807, 2.05) is 25.3 Å². The highest BCUT2D eigenvalue weighted by atomic mass is 16.2. The number of amides is 2. The van der Waals surface area contributed by atoms with Crippen LogP contribution in [-0.4, -0.2) is 53.4 Å². The molecule has 2 aliphatic rings. The Kier molecular flexibility index (Phi) is 7.28. The summed E-state index contributed by atoms with van der Waals surface area (Å²) in [4.78, 5) is 30.7. The second kappa shape index (κ2) is 10.3. The summed E-state index contributed by atoms with van der Waals surface area (Å²) in [6, 6.07) is 8.36. The first-order valence-corrected chi connectivity index (χ1v) is 12.0. The number of aromatic amines is 1. The number of para-hydroxylation sites is 1. The number of H-pyrrole nitrogens is 1. The molecule has 1 aliphatic carbocycles. The number of benzene rings is 1. The average molecular weight is 425 g/mol. The molecule has 2 heterocycles. The normalized spacial score (nSPS) is 19.9. The van der Waals surface area contributed by atoms with Gasteiger partial charge in [0.25, 0.3) is 0 Å². The minimum atomic E-state index is -0.141. The van der Waals surface area contributed by atoms with Gasteiger partial charge in [0.1, 0.15) is 0 Å². The Morgan fingerprint density at radius 3 is 2.61 bits per heavy atom. The van der Waals surface area contributed by atoms with E-state index in [0.717, 1.165) is 50.7 Å². The topological polar surface area (TPSA) is 77.2 Å². The van der Waals surface area contributed by atoms with Gasteiger partial charge < -0.3 is 15.6 Å². The first-order valence-electron chi connectivity index (χ1n) is 12.0. The predicted molar refractivity (Wildman–Crippen MR) is 124 cm³/mol. The van der Waals surface area contributed by atoms with E-state index in [2.05, 4.69) is 32.7 Å². The maximum Gasteiger partial charge on any atom is 0.237 e. The van der Waals surface area contributed by atoms with Crippen LogP contribution in [0.3, 0.4) is 0 Å². The lowest BCUT2D eigenvalue weighted by molar-refractivity contribution is -0.128. The van der Waals surface area contributed by atoms with Crippen LogP contribution in [0.5, 0.6) is 0 Å². The van der Waals surface area contributed by atoms with Crippen LogP contribution < -0.4 is 10.6 Å². The van der Waals surface area contributed by atoms with Crippen LogP contribution in [0.1, 0.15) is 57.4 Å². The van der Waals surface area contributed by atoms with Crippen LogP contribution in [0.2, 0.25) is 0 Å². The maximum atomic E-state index is 12.7. The molecule has 1 unspecified atom stereocenters. The SMILES string of the molecule is CC(C(=O)NCCc1c[nH]c2ccccc12)N1CCC(NC(=O)C2CCCCC2)CC1. The summed E-state index contributed by atoms with van der Waals surface area (Å²) in [6.45, 7) is 4.33. The Bertz CT molecular complexity index is 879. The molecule has 168 valence electrons. The number of hydrogen-bond acceptors (Lipinski definition) is 3. The van der Waals surface area contributed by atoms with Crippen LogP contribution in [0, 0.1) is 5.92 Å². The summed E-state index contributed by atoms with van der Waals surface area (Å²) in [5, 5.41) is 7.60. The van der Waals surface area contributed by atoms with E-state index in [1.165, 1.54) is 30.2 Å². The number of aromatic nitrogens is 1. The molecule has 0 bridgehead atoms. The molecule has 6 heteroatoms. The van der Waals surface area contributed by atoms with Crippen molar-refractivity contribution < 1.29 is 9.59 Å². The summed E-state index contributed by atoms with van der Waals surface area (Å²) >= 11 is 0. The van der Waals surface area contributed by atoms with Crippen LogP contribution in [-0.2, 0) is 16.0 Å². The smallest absolute Gasteiger partial charge is 0.237 e. The summed E-state index contributed by atoms with van der Waals surface area (Å²) in [5.74, 6) is 0.555. The summed E-state index contributed by atoms with van der Waals surface area (Å²) in [6.07, 6.45) is 10.4. The third kappa shape index (κ3) is 5.48. The molecule has 2 amide bonds. The molecule has 2 aromatic rings. The maximum absolute atomic E-state index is 12.7. The molecule has 1 aliphatic heterocycles. The number of carbonyl (C=O) groups excluding carboxylic acids is 2. The molecule has 1 atom stereocenters. The third-order valence-electron chi connectivity index (χ3n) is 7.15. The molecule has 1 aromatic heterocycles. The number of nitrogens with one attached hydrogen (secondary N) is 3. The Morgan fingerprint density at radius 1 is 1.10 bits per heavy atom. The second-order valence-corrected chi connectivity index (χ2v) is 9.23. The van der Waals surface area contributed by atoms with Gasteiger partial charge in [0.05, 0.1) is 6.04 Å². The Labute approximate surface area is 185 Å². The lowest BCUT2D eigenvalue weighted by Gasteiger charge is -2.36. The fraction of sp³-hybridized carbons (Fsp3) is 0.600. The van der Waals surface area contributed by atoms with Gasteiger partial charge in [0.15, 0.2) is 0 Å². The van der Waals surface area contributed by atoms with Crippen molar-refractivity contribution in [3.63, 3.8) is 0 Å². The standard InChI is InChI=1S/C25H36N4O2/c1-18(24(30)26-14-11-20-17-27-23-10-6-5-9-22(20)23)29-15-12-21(13-16-29)28-25(31)19-7-3-2-4-8-19/h5-6,9-10,17-19,21,27H,2-4,7-8,11-16H2,1H3,(H,26,30)(H,28,31). The van der Waals surface area contributed by atoms with Gasteiger partial charge in [-0.15, -0.1) is 0 Å². The van der Waals surface area contributed by atoms with Crippen molar-refractivity contribution >= 4 is 22.7 Å². The number of piperidine rings is 1. The van der Waals surface area contributed by atoms with E-state index in [-0.39, 0.29) is 29.8 Å². The summed E-state index contributed by atoms with van der Waals surface area (Å²) in [5.41, 5.74) is 2.37. The molecule has 4 rings (SSSR count). The zero-order chi connectivity index (χ0) is 21.6. The number of likely N-dealkylation sites (tertiary alicyclic amines) is 1. The minimum Gasteiger partial charge on any atom is -0.361 e. The molecular formula is C25H36N4O2. The van der Waals surface area contributed by atoms with E-state index in [1.54, 1.807) is 0 Å². The number of hydrogen-bond donors (Lipinski definition) is 3. The molecule has 1 saturated carbocycles. The fourth-order valence-corrected chi connectivity index (χ4v) is 5.09. The van der Waals surface area contributed by atoms with E-state index in [4.69, 9.17) is 0 Å². The largest absolute Gasteiger partial charge is 0.361 e. The number of nitrogens with zero attached hydrogens (tertiary/aromatic N) is 1. The van der Waals surface area contributed by atoms with Gasteiger partial charge in [0, 0.05) is 48.7 Å². The molecule has 0 spiro atoms. The van der Waals surface area contributed by atoms with Gasteiger partial charge in [0.2, 0.25) is 11.8 Å². The molecule has 6 nitrogen and oxygen atoms in total. The van der Waals surface area contributed by atoms with E-state index in [0.29, 0.717) is 6.54 Å². The van der Waals surface area contributed by atoms with Crippen LogP contribution in [0.25, 0.3) is 10.9 Å². The summed E-state index contributed by atoms with van der Waals surface area (Å²) < 4.78 is 0. The van der Waals surface area contributed by atoms with Crippen molar-refractivity contribution in [1.82, 2.24) is 20.5 Å². The van der Waals surface area contributed by atoms with Crippen molar-refractivity contribution in [3.8, 4) is 0 Å². The lowest BCUT2D eigenvalue weighted by Crippen LogP contribution is -2.52. The van der Waals surface area contributed by atoms with Crippen molar-refractivity contribution in [2.45, 2.75) is 70.4 Å². The summed E-state index contributed by atoms with van der Waals surface area (Å²) in [7, 11) is 0. The van der Waals surface area contributed by atoms with Crippen LogP contribution >= 0.6 is 0 Å². The molecule has 0 radical (unpaired) electrons. The Balaban J connectivity index is 1.18. The predicted octanol–water partition coefficient (Wildman–Crippen LogP) is 3.38. The van der Waals surface area contributed by atoms with Crippen molar-refractivity contribution in [2.75, 3.05) is 19.6 Å². The number of carbonyl (C=O) groups is 2. The average Bonchev–Trinajstić information content (AvgIpc) is 3.23. The van der Waals surface area contributed by atoms with Gasteiger partial charge >= 0.3 is 0 Å². The lowest BCUT2D eigenvalue weighted by atomic mass is 9.88. The van der Waals surface area contributed by atoms with Crippen molar-refractivity contribution in [1.29, 1.82) is 0 Å². The fourth-order valence-electron chi connectivity index (χ4n) is 5.09. The van der Waals surface area contributed by atoms with Gasteiger partial charge in [-0.2, -0.15) is 0 Å². The van der Waals surface area contributed by atoms with Gasteiger partial charge in [-0.1, -0.05) is 37.5 Å². The zero-order valence-electron chi connectivity index (χ0n) is 18.7. The monoisotopic (exact) mass is 424 g/mol. The Morgan fingerprint density at radius 2 is 1.84 bits per heavy atom. The first kappa shape index (κ1) is 21.9. The molecule has 2 fully saturated rings. The third-order valence-corrected chi connectivity index (χ3v) is 7.15. The quantitative estimate of drug-likeness (QED) is 0.638. The van der Waals surface area contributed by atoms with Crippen LogP contribution in [0.4, 0.5) is 0 Å².